The molecule has 1 heterocycles. The molecule has 0 fully saturated rings. The third kappa shape index (κ3) is 1.86. The summed E-state index contributed by atoms with van der Waals surface area (Å²) < 4.78 is 0. The van der Waals surface area contributed by atoms with Crippen molar-refractivity contribution in [1.29, 1.82) is 0 Å². The van der Waals surface area contributed by atoms with Crippen molar-refractivity contribution in [2.24, 2.45) is 0 Å². The van der Waals surface area contributed by atoms with Gasteiger partial charge in [-0.25, -0.2) is 4.79 Å². The summed E-state index contributed by atoms with van der Waals surface area (Å²) in [4.78, 5) is 15.1. The third-order valence-corrected chi connectivity index (χ3v) is 2.07. The molecular weight excluding hydrogens is 166 g/mol. The van der Waals surface area contributed by atoms with E-state index in [4.69, 9.17) is 5.11 Å². The molecule has 13 heavy (non-hydrogen) atoms. The molecule has 1 rings (SSSR count). The minimum absolute atomic E-state index is 0.365. The summed E-state index contributed by atoms with van der Waals surface area (Å²) in [5.74, 6) is -0.877. The van der Waals surface area contributed by atoms with Gasteiger partial charge in [0.15, 0.2) is 0 Å². The zero-order valence-electron chi connectivity index (χ0n) is 8.09. The molecule has 0 saturated carbocycles. The van der Waals surface area contributed by atoms with Gasteiger partial charge in [-0.05, 0) is 31.9 Å². The Labute approximate surface area is 77.4 Å². The maximum absolute atomic E-state index is 10.8. The molecule has 0 aromatic carbocycles. The Kier molecular flexibility index (Phi) is 2.66. The predicted octanol–water partition coefficient (Wildman–Crippen LogP) is 1.96. The normalized spacial score (nSPS) is 10.1. The largest absolute Gasteiger partial charge is 0.478 e. The van der Waals surface area contributed by atoms with Crippen LogP contribution >= 0.6 is 0 Å². The van der Waals surface area contributed by atoms with Crippen molar-refractivity contribution in [3.63, 3.8) is 0 Å². The molecule has 0 atom stereocenters. The molecule has 0 aliphatic heterocycles. The number of nitrogens with zero attached hydrogens (tertiary/aromatic N) is 1. The van der Waals surface area contributed by atoms with Gasteiger partial charge in [0.05, 0.1) is 5.56 Å². The van der Waals surface area contributed by atoms with Gasteiger partial charge in [-0.1, -0.05) is 6.92 Å². The molecule has 1 aromatic rings. The van der Waals surface area contributed by atoms with Gasteiger partial charge in [0.2, 0.25) is 0 Å². The fourth-order valence-electron chi connectivity index (χ4n) is 1.37. The number of hydrogen-bond donors (Lipinski definition) is 1. The summed E-state index contributed by atoms with van der Waals surface area (Å²) in [6, 6.07) is 1.61. The summed E-state index contributed by atoms with van der Waals surface area (Å²) in [5, 5.41) is 8.88. The summed E-state index contributed by atoms with van der Waals surface area (Å²) in [5.41, 5.74) is 2.78. The number of rotatable bonds is 2. The SMILES string of the molecule is CCc1nc(C)cc(C(=O)O)c1C. The van der Waals surface area contributed by atoms with E-state index in [0.29, 0.717) is 5.56 Å². The van der Waals surface area contributed by atoms with Crippen LogP contribution < -0.4 is 0 Å². The van der Waals surface area contributed by atoms with E-state index in [1.165, 1.54) is 0 Å². The van der Waals surface area contributed by atoms with E-state index in [0.717, 1.165) is 23.4 Å². The maximum Gasteiger partial charge on any atom is 0.336 e. The van der Waals surface area contributed by atoms with Crippen LogP contribution in [0.1, 0.15) is 34.2 Å². The fraction of sp³-hybridized carbons (Fsp3) is 0.400. The van der Waals surface area contributed by atoms with Crippen LogP contribution in [0.5, 0.6) is 0 Å². The van der Waals surface area contributed by atoms with Crippen LogP contribution in [0.4, 0.5) is 0 Å². The highest BCUT2D eigenvalue weighted by molar-refractivity contribution is 5.89. The molecule has 3 nitrogen and oxygen atoms in total. The molecule has 0 unspecified atom stereocenters. The second-order valence-electron chi connectivity index (χ2n) is 3.04. The zero-order chi connectivity index (χ0) is 10.0. The van der Waals surface area contributed by atoms with Crippen molar-refractivity contribution >= 4 is 5.97 Å². The predicted molar refractivity (Wildman–Crippen MR) is 50.0 cm³/mol. The molecule has 1 aromatic heterocycles. The van der Waals surface area contributed by atoms with Crippen molar-refractivity contribution < 1.29 is 9.90 Å². The van der Waals surface area contributed by atoms with Crippen LogP contribution in [0.15, 0.2) is 6.07 Å². The van der Waals surface area contributed by atoms with Crippen molar-refractivity contribution in [1.82, 2.24) is 4.98 Å². The average molecular weight is 179 g/mol. The Morgan fingerprint density at radius 1 is 1.54 bits per heavy atom. The quantitative estimate of drug-likeness (QED) is 0.755. The van der Waals surface area contributed by atoms with Crippen molar-refractivity contribution in [2.45, 2.75) is 27.2 Å². The summed E-state index contributed by atoms with van der Waals surface area (Å²) in [7, 11) is 0. The minimum Gasteiger partial charge on any atom is -0.478 e. The molecule has 0 bridgehead atoms. The van der Waals surface area contributed by atoms with Gasteiger partial charge in [-0.15, -0.1) is 0 Å². The first kappa shape index (κ1) is 9.71. The van der Waals surface area contributed by atoms with Gasteiger partial charge >= 0.3 is 5.97 Å². The summed E-state index contributed by atoms with van der Waals surface area (Å²) in [6.07, 6.45) is 0.772. The highest BCUT2D eigenvalue weighted by Gasteiger charge is 2.11. The zero-order valence-corrected chi connectivity index (χ0v) is 8.09. The Hall–Kier alpha value is -1.38. The van der Waals surface area contributed by atoms with E-state index in [9.17, 15) is 4.79 Å². The van der Waals surface area contributed by atoms with Gasteiger partial charge in [0.1, 0.15) is 0 Å². The molecule has 0 amide bonds. The molecule has 1 N–H and O–H groups in total. The maximum atomic E-state index is 10.8. The molecule has 0 aliphatic carbocycles. The number of carboxylic acid groups (broad SMARTS) is 1. The standard InChI is InChI=1S/C10H13NO2/c1-4-9-7(3)8(10(12)13)5-6(2)11-9/h5H,4H2,1-3H3,(H,12,13). The molecular formula is C10H13NO2. The lowest BCUT2D eigenvalue weighted by atomic mass is 10.1. The number of aromatic carboxylic acids is 1. The fourth-order valence-corrected chi connectivity index (χ4v) is 1.37. The second kappa shape index (κ2) is 3.56. The van der Waals surface area contributed by atoms with Crippen LogP contribution in [0, 0.1) is 13.8 Å². The highest BCUT2D eigenvalue weighted by Crippen LogP contribution is 2.13. The van der Waals surface area contributed by atoms with Crippen LogP contribution in [0.3, 0.4) is 0 Å². The van der Waals surface area contributed by atoms with E-state index < -0.39 is 5.97 Å². The average Bonchev–Trinajstić information content (AvgIpc) is 2.08. The Morgan fingerprint density at radius 3 is 2.62 bits per heavy atom. The Bertz CT molecular complexity index is 345. The monoisotopic (exact) mass is 179 g/mol. The van der Waals surface area contributed by atoms with Crippen LogP contribution in [-0.2, 0) is 6.42 Å². The number of carboxylic acids is 1. The second-order valence-corrected chi connectivity index (χ2v) is 3.04. The number of pyridine rings is 1. The summed E-state index contributed by atoms with van der Waals surface area (Å²) in [6.45, 7) is 5.58. The van der Waals surface area contributed by atoms with E-state index in [2.05, 4.69) is 4.98 Å². The van der Waals surface area contributed by atoms with Crippen LogP contribution in [-0.4, -0.2) is 16.1 Å². The number of aryl methyl sites for hydroxylation is 2. The third-order valence-electron chi connectivity index (χ3n) is 2.07. The van der Waals surface area contributed by atoms with Gasteiger partial charge in [-0.2, -0.15) is 0 Å². The molecule has 0 radical (unpaired) electrons. The first-order valence-electron chi connectivity index (χ1n) is 4.26. The first-order chi connectivity index (χ1) is 6.06. The minimum atomic E-state index is -0.877. The van der Waals surface area contributed by atoms with Gasteiger partial charge in [0.25, 0.3) is 0 Å². The van der Waals surface area contributed by atoms with Gasteiger partial charge in [-0.3, -0.25) is 4.98 Å². The van der Waals surface area contributed by atoms with Gasteiger partial charge in [0, 0.05) is 11.4 Å². The van der Waals surface area contributed by atoms with E-state index >= 15 is 0 Å². The molecule has 0 spiro atoms. The topological polar surface area (TPSA) is 50.2 Å². The first-order valence-corrected chi connectivity index (χ1v) is 4.26. The molecule has 0 aliphatic rings. The lowest BCUT2D eigenvalue weighted by molar-refractivity contribution is 0.0695. The number of carbonyl (C=O) groups is 1. The van der Waals surface area contributed by atoms with Crippen molar-refractivity contribution in [3.05, 3.63) is 28.6 Å². The molecule has 70 valence electrons. The van der Waals surface area contributed by atoms with E-state index in [-0.39, 0.29) is 0 Å². The number of hydrogen-bond acceptors (Lipinski definition) is 2. The number of aromatic nitrogens is 1. The Balaban J connectivity index is 3.35. The Morgan fingerprint density at radius 2 is 2.15 bits per heavy atom. The van der Waals surface area contributed by atoms with E-state index in [1.807, 2.05) is 13.8 Å². The van der Waals surface area contributed by atoms with Gasteiger partial charge < -0.3 is 5.11 Å². The lowest BCUT2D eigenvalue weighted by Crippen LogP contribution is -2.05. The smallest absolute Gasteiger partial charge is 0.336 e. The van der Waals surface area contributed by atoms with Crippen molar-refractivity contribution in [2.75, 3.05) is 0 Å². The molecule has 0 saturated heterocycles. The highest BCUT2D eigenvalue weighted by atomic mass is 16.4. The lowest BCUT2D eigenvalue weighted by Gasteiger charge is -2.07. The van der Waals surface area contributed by atoms with Crippen molar-refractivity contribution in [3.8, 4) is 0 Å². The molecule has 3 heteroatoms. The summed E-state index contributed by atoms with van der Waals surface area (Å²) >= 11 is 0. The van der Waals surface area contributed by atoms with Crippen LogP contribution in [0.25, 0.3) is 0 Å². The van der Waals surface area contributed by atoms with Crippen LogP contribution in [0.2, 0.25) is 0 Å². The van der Waals surface area contributed by atoms with E-state index in [1.54, 1.807) is 13.0 Å².